The van der Waals surface area contributed by atoms with Crippen molar-refractivity contribution in [1.29, 1.82) is 0 Å². The van der Waals surface area contributed by atoms with Gasteiger partial charge in [0.2, 0.25) is 0 Å². The van der Waals surface area contributed by atoms with Crippen LogP contribution in [0.25, 0.3) is 43.8 Å². The third kappa shape index (κ3) is 2.78. The summed E-state index contributed by atoms with van der Waals surface area (Å²) in [6, 6.07) is 24.8. The Morgan fingerprint density at radius 3 is 1.41 bits per heavy atom. The first-order chi connectivity index (χ1) is 14.1. The van der Waals surface area contributed by atoms with Crippen molar-refractivity contribution >= 4 is 21.5 Å². The molecule has 0 bridgehead atoms. The lowest BCUT2D eigenvalue weighted by molar-refractivity contribution is 0.628. The monoisotopic (exact) mass is 384 g/mol. The van der Waals surface area contributed by atoms with E-state index >= 15 is 0 Å². The molecule has 3 heteroatoms. The Morgan fingerprint density at radius 1 is 0.414 bits per heavy atom. The molecule has 0 N–H and O–H groups in total. The fourth-order valence-corrected chi connectivity index (χ4v) is 4.06. The minimum Gasteiger partial charge on any atom is -0.207 e. The maximum atomic E-state index is 14.8. The van der Waals surface area contributed by atoms with E-state index in [0.29, 0.717) is 33.0 Å². The minimum atomic E-state index is -0.426. The van der Waals surface area contributed by atoms with Crippen LogP contribution in [0.1, 0.15) is 0 Å². The normalized spacial score (nSPS) is 11.3. The molecule has 29 heavy (non-hydrogen) atoms. The van der Waals surface area contributed by atoms with Crippen LogP contribution in [-0.4, -0.2) is 0 Å². The topological polar surface area (TPSA) is 0 Å². The second-order valence-electron chi connectivity index (χ2n) is 6.95. The molecule has 0 saturated carbocycles. The molecule has 5 aromatic rings. The summed E-state index contributed by atoms with van der Waals surface area (Å²) in [5.74, 6) is -1.17. The summed E-state index contributed by atoms with van der Waals surface area (Å²) >= 11 is 0. The Morgan fingerprint density at radius 2 is 0.862 bits per heavy atom. The number of benzene rings is 5. The van der Waals surface area contributed by atoms with Crippen LogP contribution in [-0.2, 0) is 0 Å². The van der Waals surface area contributed by atoms with E-state index in [4.69, 9.17) is 0 Å². The van der Waals surface area contributed by atoms with Crippen molar-refractivity contribution in [1.82, 2.24) is 0 Å². The van der Waals surface area contributed by atoms with Crippen LogP contribution < -0.4 is 0 Å². The average Bonchev–Trinajstić information content (AvgIpc) is 2.73. The number of hydrogen-bond acceptors (Lipinski definition) is 0. The summed E-state index contributed by atoms with van der Waals surface area (Å²) in [6.45, 7) is 0. The van der Waals surface area contributed by atoms with Crippen LogP contribution in [0.4, 0.5) is 13.2 Å². The van der Waals surface area contributed by atoms with Gasteiger partial charge in [0, 0.05) is 22.3 Å². The molecule has 5 aromatic carbocycles. The van der Waals surface area contributed by atoms with Gasteiger partial charge in [-0.15, -0.1) is 0 Å². The van der Waals surface area contributed by atoms with Crippen LogP contribution in [0.5, 0.6) is 0 Å². The van der Waals surface area contributed by atoms with E-state index in [1.807, 2.05) is 24.3 Å². The quantitative estimate of drug-likeness (QED) is 0.273. The first-order valence-electron chi connectivity index (χ1n) is 9.29. The van der Waals surface area contributed by atoms with Gasteiger partial charge >= 0.3 is 0 Å². The molecular formula is C26H15F3. The predicted molar refractivity (Wildman–Crippen MR) is 112 cm³/mol. The van der Waals surface area contributed by atoms with Crippen molar-refractivity contribution in [3.8, 4) is 22.3 Å². The van der Waals surface area contributed by atoms with Crippen LogP contribution in [0.15, 0.2) is 91.0 Å². The zero-order chi connectivity index (χ0) is 20.0. The molecule has 5 rings (SSSR count). The number of hydrogen-bond donors (Lipinski definition) is 0. The molecule has 0 aromatic heterocycles. The highest BCUT2D eigenvalue weighted by atomic mass is 19.1. The molecule has 0 spiro atoms. The smallest absolute Gasteiger partial charge is 0.131 e. The Kier molecular flexibility index (Phi) is 4.09. The van der Waals surface area contributed by atoms with Crippen LogP contribution in [0.3, 0.4) is 0 Å². The highest BCUT2D eigenvalue weighted by Crippen LogP contribution is 2.44. The molecule has 0 saturated heterocycles. The van der Waals surface area contributed by atoms with Gasteiger partial charge in [0.25, 0.3) is 0 Å². The zero-order valence-corrected chi connectivity index (χ0v) is 15.3. The van der Waals surface area contributed by atoms with Gasteiger partial charge in [-0.1, -0.05) is 66.7 Å². The van der Waals surface area contributed by atoms with Crippen molar-refractivity contribution in [2.75, 3.05) is 0 Å². The van der Waals surface area contributed by atoms with Gasteiger partial charge in [-0.3, -0.25) is 0 Å². The molecule has 0 radical (unpaired) electrons. The fraction of sp³-hybridized carbons (Fsp3) is 0. The molecule has 0 aliphatic carbocycles. The van der Waals surface area contributed by atoms with E-state index in [1.54, 1.807) is 42.5 Å². The first kappa shape index (κ1) is 17.5. The average molecular weight is 384 g/mol. The lowest BCUT2D eigenvalue weighted by Gasteiger charge is -2.18. The Bertz CT molecular complexity index is 1390. The molecule has 0 atom stereocenters. The fourth-order valence-electron chi connectivity index (χ4n) is 4.06. The Balaban J connectivity index is 2.06. The van der Waals surface area contributed by atoms with Gasteiger partial charge in [-0.05, 0) is 45.8 Å². The number of halogens is 3. The molecule has 0 aliphatic rings. The van der Waals surface area contributed by atoms with Crippen LogP contribution in [0.2, 0.25) is 0 Å². The van der Waals surface area contributed by atoms with E-state index in [0.717, 1.165) is 10.8 Å². The second-order valence-corrected chi connectivity index (χ2v) is 6.95. The van der Waals surface area contributed by atoms with Crippen molar-refractivity contribution in [2.24, 2.45) is 0 Å². The molecule has 0 amide bonds. The summed E-state index contributed by atoms with van der Waals surface area (Å²) in [4.78, 5) is 0. The van der Waals surface area contributed by atoms with Gasteiger partial charge in [0.05, 0.1) is 0 Å². The molecule has 0 aliphatic heterocycles. The summed E-state index contributed by atoms with van der Waals surface area (Å²) in [5, 5.41) is 2.75. The first-order valence-corrected chi connectivity index (χ1v) is 9.29. The minimum absolute atomic E-state index is 0.359. The Labute approximate surface area is 165 Å². The van der Waals surface area contributed by atoms with E-state index in [9.17, 15) is 13.2 Å². The SMILES string of the molecule is Fc1ccc2c(-c3ccccc3F)c3ccccc3c(-c3ccccc3F)c2c1. The maximum absolute atomic E-state index is 14.8. The summed E-state index contributed by atoms with van der Waals surface area (Å²) in [6.07, 6.45) is 0. The molecular weight excluding hydrogens is 369 g/mol. The number of rotatable bonds is 2. The summed E-state index contributed by atoms with van der Waals surface area (Å²) in [7, 11) is 0. The lowest BCUT2D eigenvalue weighted by Crippen LogP contribution is -1.94. The molecule has 0 fully saturated rings. The van der Waals surface area contributed by atoms with E-state index in [1.165, 1.54) is 24.3 Å². The zero-order valence-electron chi connectivity index (χ0n) is 15.3. The second kappa shape index (κ2) is 6.78. The van der Waals surface area contributed by atoms with E-state index < -0.39 is 5.82 Å². The molecule has 140 valence electrons. The van der Waals surface area contributed by atoms with E-state index in [2.05, 4.69) is 0 Å². The van der Waals surface area contributed by atoms with Crippen LogP contribution in [0, 0.1) is 17.5 Å². The predicted octanol–water partition coefficient (Wildman–Crippen LogP) is 7.74. The van der Waals surface area contributed by atoms with Gasteiger partial charge in [-0.25, -0.2) is 13.2 Å². The van der Waals surface area contributed by atoms with Crippen molar-refractivity contribution < 1.29 is 13.2 Å². The van der Waals surface area contributed by atoms with Gasteiger partial charge in [0.1, 0.15) is 17.5 Å². The highest BCUT2D eigenvalue weighted by Gasteiger charge is 2.20. The van der Waals surface area contributed by atoms with Gasteiger partial charge in [0.15, 0.2) is 0 Å². The maximum Gasteiger partial charge on any atom is 0.131 e. The Hall–Kier alpha value is -3.59. The van der Waals surface area contributed by atoms with Gasteiger partial charge < -0.3 is 0 Å². The summed E-state index contributed by atoms with van der Waals surface area (Å²) < 4.78 is 43.8. The van der Waals surface area contributed by atoms with Gasteiger partial charge in [-0.2, -0.15) is 0 Å². The molecule has 0 heterocycles. The van der Waals surface area contributed by atoms with Crippen molar-refractivity contribution in [2.45, 2.75) is 0 Å². The standard InChI is InChI=1S/C26H15F3/c27-16-13-14-19-22(15-16)26(21-10-4-6-12-24(21)29)18-8-2-1-7-17(18)25(19)20-9-3-5-11-23(20)28/h1-15H. The molecule has 0 nitrogen and oxygen atoms in total. The largest absolute Gasteiger partial charge is 0.207 e. The summed E-state index contributed by atoms with van der Waals surface area (Å²) in [5.41, 5.74) is 2.10. The highest BCUT2D eigenvalue weighted by molar-refractivity contribution is 6.21. The third-order valence-electron chi connectivity index (χ3n) is 5.27. The molecule has 0 unspecified atom stereocenters. The third-order valence-corrected chi connectivity index (χ3v) is 5.27. The van der Waals surface area contributed by atoms with Crippen molar-refractivity contribution in [3.63, 3.8) is 0 Å². The van der Waals surface area contributed by atoms with E-state index in [-0.39, 0.29) is 11.6 Å². The van der Waals surface area contributed by atoms with Crippen molar-refractivity contribution in [3.05, 3.63) is 108 Å². The number of fused-ring (bicyclic) bond motifs is 2. The lowest BCUT2D eigenvalue weighted by atomic mass is 9.85. The van der Waals surface area contributed by atoms with Crippen LogP contribution >= 0.6 is 0 Å².